The standard InChI is InChI=1S/C17H15ClN4O4S2/c1-26-12-8-6-11(7-9-12)20-16(23)17-22-21-15(27-17)10-19-28(24,25)14-5-3-2-4-13(14)18/h2-9,19H,10H2,1H3,(H,20,23). The van der Waals surface area contributed by atoms with Crippen LogP contribution in [0, 0.1) is 0 Å². The van der Waals surface area contributed by atoms with E-state index >= 15 is 0 Å². The van der Waals surface area contributed by atoms with Crippen LogP contribution in [-0.2, 0) is 16.6 Å². The number of hydrogen-bond acceptors (Lipinski definition) is 7. The molecule has 1 amide bonds. The minimum Gasteiger partial charge on any atom is -0.497 e. The van der Waals surface area contributed by atoms with Gasteiger partial charge >= 0.3 is 0 Å². The van der Waals surface area contributed by atoms with E-state index in [0.717, 1.165) is 11.3 Å². The predicted molar refractivity (Wildman–Crippen MR) is 106 cm³/mol. The van der Waals surface area contributed by atoms with E-state index in [0.29, 0.717) is 16.4 Å². The Hall–Kier alpha value is -2.53. The summed E-state index contributed by atoms with van der Waals surface area (Å²) >= 11 is 6.92. The molecule has 0 atom stereocenters. The van der Waals surface area contributed by atoms with Gasteiger partial charge in [0.2, 0.25) is 15.0 Å². The lowest BCUT2D eigenvalue weighted by molar-refractivity contribution is 0.102. The number of carbonyl (C=O) groups excluding carboxylic acids is 1. The summed E-state index contributed by atoms with van der Waals surface area (Å²) in [5, 5.41) is 10.9. The molecule has 0 saturated carbocycles. The Morgan fingerprint density at radius 1 is 1.14 bits per heavy atom. The molecule has 2 N–H and O–H groups in total. The van der Waals surface area contributed by atoms with Crippen LogP contribution in [0.25, 0.3) is 0 Å². The SMILES string of the molecule is COc1ccc(NC(=O)c2nnc(CNS(=O)(=O)c3ccccc3Cl)s2)cc1. The average Bonchev–Trinajstić information content (AvgIpc) is 3.17. The van der Waals surface area contributed by atoms with E-state index in [1.165, 1.54) is 12.1 Å². The molecule has 28 heavy (non-hydrogen) atoms. The molecule has 0 fully saturated rings. The number of rotatable bonds is 7. The lowest BCUT2D eigenvalue weighted by atomic mass is 10.3. The summed E-state index contributed by atoms with van der Waals surface area (Å²) in [6, 6.07) is 12.9. The number of ether oxygens (including phenoxy) is 1. The molecule has 0 saturated heterocycles. The first-order valence-corrected chi connectivity index (χ1v) is 10.6. The molecule has 3 aromatic rings. The van der Waals surface area contributed by atoms with E-state index in [1.54, 1.807) is 43.5 Å². The molecule has 0 aliphatic carbocycles. The molecule has 1 aromatic heterocycles. The van der Waals surface area contributed by atoms with Gasteiger partial charge in [0, 0.05) is 5.69 Å². The van der Waals surface area contributed by atoms with Crippen molar-refractivity contribution in [3.8, 4) is 5.75 Å². The Morgan fingerprint density at radius 3 is 2.54 bits per heavy atom. The number of carbonyl (C=O) groups is 1. The molecule has 1 heterocycles. The topological polar surface area (TPSA) is 110 Å². The number of anilines is 1. The van der Waals surface area contributed by atoms with Crippen molar-refractivity contribution in [3.63, 3.8) is 0 Å². The van der Waals surface area contributed by atoms with Gasteiger partial charge in [0.25, 0.3) is 5.91 Å². The highest BCUT2D eigenvalue weighted by atomic mass is 35.5. The van der Waals surface area contributed by atoms with Gasteiger partial charge in [-0.25, -0.2) is 13.1 Å². The maximum Gasteiger partial charge on any atom is 0.286 e. The van der Waals surface area contributed by atoms with Crippen LogP contribution in [0.1, 0.15) is 14.8 Å². The summed E-state index contributed by atoms with van der Waals surface area (Å²) in [7, 11) is -2.26. The van der Waals surface area contributed by atoms with E-state index in [-0.39, 0.29) is 21.5 Å². The van der Waals surface area contributed by atoms with Gasteiger partial charge in [0.1, 0.15) is 15.7 Å². The zero-order valence-electron chi connectivity index (χ0n) is 14.5. The molecule has 11 heteroatoms. The predicted octanol–water partition coefficient (Wildman–Crippen LogP) is 2.93. The average molecular weight is 439 g/mol. The highest BCUT2D eigenvalue weighted by Gasteiger charge is 2.19. The second kappa shape index (κ2) is 8.65. The molecule has 0 aliphatic rings. The molecule has 146 valence electrons. The number of aromatic nitrogens is 2. The fourth-order valence-corrected chi connectivity index (χ4v) is 4.44. The molecule has 0 aliphatic heterocycles. The number of methoxy groups -OCH3 is 1. The maximum absolute atomic E-state index is 12.3. The number of halogens is 1. The quantitative estimate of drug-likeness (QED) is 0.586. The monoisotopic (exact) mass is 438 g/mol. The third-order valence-electron chi connectivity index (χ3n) is 3.55. The zero-order valence-corrected chi connectivity index (χ0v) is 16.9. The Balaban J connectivity index is 1.63. The molecule has 8 nitrogen and oxygen atoms in total. The Bertz CT molecular complexity index is 1080. The van der Waals surface area contributed by atoms with Crippen molar-refractivity contribution in [3.05, 3.63) is 63.6 Å². The molecule has 2 aromatic carbocycles. The zero-order chi connectivity index (χ0) is 20.1. The molecular weight excluding hydrogens is 424 g/mol. The number of nitrogens with zero attached hydrogens (tertiary/aromatic N) is 2. The summed E-state index contributed by atoms with van der Waals surface area (Å²) in [4.78, 5) is 12.2. The van der Waals surface area contributed by atoms with Gasteiger partial charge in [-0.1, -0.05) is 35.1 Å². The van der Waals surface area contributed by atoms with Gasteiger partial charge in [-0.3, -0.25) is 4.79 Å². The van der Waals surface area contributed by atoms with Crippen LogP contribution in [0.15, 0.2) is 53.4 Å². The van der Waals surface area contributed by atoms with Gasteiger partial charge in [-0.2, -0.15) is 0 Å². The summed E-state index contributed by atoms with van der Waals surface area (Å²) in [6.07, 6.45) is 0. The van der Waals surface area contributed by atoms with E-state index in [2.05, 4.69) is 20.2 Å². The van der Waals surface area contributed by atoms with Crippen molar-refractivity contribution >= 4 is 44.6 Å². The van der Waals surface area contributed by atoms with Crippen LogP contribution in [0.2, 0.25) is 5.02 Å². The van der Waals surface area contributed by atoms with Crippen LogP contribution in [0.4, 0.5) is 5.69 Å². The fraction of sp³-hybridized carbons (Fsp3) is 0.118. The summed E-state index contributed by atoms with van der Waals surface area (Å²) < 4.78 is 32.1. The van der Waals surface area contributed by atoms with Gasteiger partial charge in [0.15, 0.2) is 0 Å². The summed E-state index contributed by atoms with van der Waals surface area (Å²) in [5.74, 6) is 0.227. The van der Waals surface area contributed by atoms with Crippen LogP contribution in [0.3, 0.4) is 0 Å². The number of sulfonamides is 1. The van der Waals surface area contributed by atoms with Gasteiger partial charge in [-0.15, -0.1) is 10.2 Å². The lowest BCUT2D eigenvalue weighted by Gasteiger charge is -2.06. The van der Waals surface area contributed by atoms with Crippen molar-refractivity contribution < 1.29 is 17.9 Å². The third kappa shape index (κ3) is 4.84. The van der Waals surface area contributed by atoms with Crippen LogP contribution < -0.4 is 14.8 Å². The summed E-state index contributed by atoms with van der Waals surface area (Å²) in [5.41, 5.74) is 0.571. The minimum atomic E-state index is -3.81. The molecule has 3 rings (SSSR count). The van der Waals surface area contributed by atoms with Gasteiger partial charge in [0.05, 0.1) is 18.7 Å². The van der Waals surface area contributed by atoms with Crippen LogP contribution in [-0.4, -0.2) is 31.6 Å². The largest absolute Gasteiger partial charge is 0.497 e. The maximum atomic E-state index is 12.3. The Labute approximate surface area is 170 Å². The van der Waals surface area contributed by atoms with Gasteiger partial charge in [-0.05, 0) is 36.4 Å². The smallest absolute Gasteiger partial charge is 0.286 e. The van der Waals surface area contributed by atoms with E-state index < -0.39 is 15.9 Å². The lowest BCUT2D eigenvalue weighted by Crippen LogP contribution is -2.23. The third-order valence-corrected chi connectivity index (χ3v) is 6.37. The fourth-order valence-electron chi connectivity index (χ4n) is 2.17. The molecule has 0 bridgehead atoms. The number of hydrogen-bond donors (Lipinski definition) is 2. The van der Waals surface area contributed by atoms with Crippen molar-refractivity contribution in [2.24, 2.45) is 0 Å². The molecule has 0 spiro atoms. The van der Waals surface area contributed by atoms with E-state index in [4.69, 9.17) is 16.3 Å². The van der Waals surface area contributed by atoms with E-state index in [1.807, 2.05) is 0 Å². The second-order valence-corrected chi connectivity index (χ2v) is 8.64. The van der Waals surface area contributed by atoms with Crippen LogP contribution >= 0.6 is 22.9 Å². The minimum absolute atomic E-state index is 0.0290. The highest BCUT2D eigenvalue weighted by molar-refractivity contribution is 7.89. The normalized spacial score (nSPS) is 11.2. The molecule has 0 unspecified atom stereocenters. The van der Waals surface area contributed by atoms with Crippen molar-refractivity contribution in [2.45, 2.75) is 11.4 Å². The van der Waals surface area contributed by atoms with Crippen molar-refractivity contribution in [1.82, 2.24) is 14.9 Å². The van der Waals surface area contributed by atoms with Crippen molar-refractivity contribution in [1.29, 1.82) is 0 Å². The molecular formula is C17H15ClN4O4S2. The second-order valence-electron chi connectivity index (χ2n) is 5.44. The molecule has 0 radical (unpaired) electrons. The van der Waals surface area contributed by atoms with Crippen LogP contribution in [0.5, 0.6) is 5.75 Å². The van der Waals surface area contributed by atoms with Gasteiger partial charge < -0.3 is 10.1 Å². The van der Waals surface area contributed by atoms with E-state index in [9.17, 15) is 13.2 Å². The number of nitrogens with one attached hydrogen (secondary N) is 2. The Kier molecular flexibility index (Phi) is 6.25. The first-order valence-electron chi connectivity index (χ1n) is 7.91. The van der Waals surface area contributed by atoms with Crippen molar-refractivity contribution in [2.75, 3.05) is 12.4 Å². The number of benzene rings is 2. The first kappa shape index (κ1) is 20.2. The Morgan fingerprint density at radius 2 is 1.86 bits per heavy atom. The first-order chi connectivity index (χ1) is 13.4. The highest BCUT2D eigenvalue weighted by Crippen LogP contribution is 2.21. The number of amides is 1. The summed E-state index contributed by atoms with van der Waals surface area (Å²) in [6.45, 7) is -0.110.